The Balaban J connectivity index is 2.43. The highest BCUT2D eigenvalue weighted by atomic mass is 79.9. The van der Waals surface area contributed by atoms with Gasteiger partial charge in [-0.2, -0.15) is 0 Å². The predicted octanol–water partition coefficient (Wildman–Crippen LogP) is 4.51. The summed E-state index contributed by atoms with van der Waals surface area (Å²) in [6.45, 7) is 3.80. The molecule has 0 atom stereocenters. The van der Waals surface area contributed by atoms with Crippen molar-refractivity contribution in [1.82, 2.24) is 0 Å². The van der Waals surface area contributed by atoms with Gasteiger partial charge >= 0.3 is 0 Å². The van der Waals surface area contributed by atoms with E-state index in [4.69, 9.17) is 0 Å². The van der Waals surface area contributed by atoms with E-state index >= 15 is 0 Å². The molecule has 0 saturated heterocycles. The van der Waals surface area contributed by atoms with Gasteiger partial charge in [0.15, 0.2) is 0 Å². The first kappa shape index (κ1) is 12.8. The Kier molecular flexibility index (Phi) is 3.82. The molecule has 0 spiro atoms. The van der Waals surface area contributed by atoms with Crippen molar-refractivity contribution in [2.24, 2.45) is 0 Å². The first-order chi connectivity index (χ1) is 8.58. The van der Waals surface area contributed by atoms with E-state index in [0.29, 0.717) is 0 Å². The molecular weight excluding hydrogens is 290 g/mol. The molecule has 2 rings (SSSR count). The van der Waals surface area contributed by atoms with E-state index < -0.39 is 0 Å². The van der Waals surface area contributed by atoms with E-state index in [-0.39, 0.29) is 5.91 Å². The summed E-state index contributed by atoms with van der Waals surface area (Å²) in [5, 5.41) is 5.03. The van der Waals surface area contributed by atoms with Gasteiger partial charge < -0.3 is 5.32 Å². The number of carbonyl (C=O) groups is 1. The number of rotatable bonds is 2. The van der Waals surface area contributed by atoms with Crippen LogP contribution < -0.4 is 5.32 Å². The lowest BCUT2D eigenvalue weighted by atomic mass is 10.1. The fraction of sp³-hybridized carbons (Fsp3) is 0.133. The van der Waals surface area contributed by atoms with Gasteiger partial charge in [-0.25, -0.2) is 0 Å². The van der Waals surface area contributed by atoms with E-state index in [1.807, 2.05) is 50.2 Å². The normalized spacial score (nSPS) is 10.2. The highest BCUT2D eigenvalue weighted by Crippen LogP contribution is 2.29. The summed E-state index contributed by atoms with van der Waals surface area (Å²) in [6.07, 6.45) is 1.59. The van der Waals surface area contributed by atoms with Gasteiger partial charge in [-0.15, -0.1) is 0 Å². The zero-order valence-electron chi connectivity index (χ0n) is 10.3. The van der Waals surface area contributed by atoms with E-state index in [1.165, 1.54) is 0 Å². The molecule has 0 aliphatic rings. The maximum atomic E-state index is 11.8. The second-order valence-electron chi connectivity index (χ2n) is 4.35. The highest BCUT2D eigenvalue weighted by molar-refractivity contribution is 9.10. The topological polar surface area (TPSA) is 29.1 Å². The van der Waals surface area contributed by atoms with Crippen molar-refractivity contribution >= 4 is 38.3 Å². The lowest BCUT2D eigenvalue weighted by molar-refractivity contribution is -0.111. The average molecular weight is 304 g/mol. The molecule has 1 amide bonds. The number of allylic oxidation sites excluding steroid dienone is 1. The number of hydrogen-bond donors (Lipinski definition) is 1. The number of fused-ring (bicyclic) bond motifs is 1. The minimum absolute atomic E-state index is 0.0949. The average Bonchev–Trinajstić information content (AvgIpc) is 2.32. The summed E-state index contributed by atoms with van der Waals surface area (Å²) in [7, 11) is 0. The molecule has 0 aliphatic heterocycles. The highest BCUT2D eigenvalue weighted by Gasteiger charge is 2.05. The van der Waals surface area contributed by atoms with Crippen molar-refractivity contribution in [3.8, 4) is 0 Å². The maximum absolute atomic E-state index is 11.8. The fourth-order valence-electron chi connectivity index (χ4n) is 1.80. The quantitative estimate of drug-likeness (QED) is 0.813. The van der Waals surface area contributed by atoms with Crippen LogP contribution in [0.2, 0.25) is 0 Å². The number of hydrogen-bond acceptors (Lipinski definition) is 1. The SMILES string of the molecule is CC(C)=CC(=O)Nc1ccc(Br)c2ccccc12. The van der Waals surface area contributed by atoms with Crippen LogP contribution in [0, 0.1) is 0 Å². The predicted molar refractivity (Wildman–Crippen MR) is 79.7 cm³/mol. The first-order valence-electron chi connectivity index (χ1n) is 5.71. The van der Waals surface area contributed by atoms with Crippen molar-refractivity contribution < 1.29 is 4.79 Å². The summed E-state index contributed by atoms with van der Waals surface area (Å²) in [4.78, 5) is 11.8. The molecule has 3 heteroatoms. The Hall–Kier alpha value is -1.61. The van der Waals surface area contributed by atoms with Crippen molar-refractivity contribution in [3.05, 3.63) is 52.5 Å². The molecule has 0 bridgehead atoms. The number of benzene rings is 2. The molecule has 0 heterocycles. The van der Waals surface area contributed by atoms with Crippen LogP contribution in [0.1, 0.15) is 13.8 Å². The van der Waals surface area contributed by atoms with Gasteiger partial charge in [0.25, 0.3) is 0 Å². The standard InChI is InChI=1S/C15H14BrNO/c1-10(2)9-15(18)17-14-8-7-13(16)11-5-3-4-6-12(11)14/h3-9H,1-2H3,(H,17,18). The third kappa shape index (κ3) is 2.79. The third-order valence-electron chi connectivity index (χ3n) is 2.55. The molecule has 2 aromatic rings. The van der Waals surface area contributed by atoms with E-state index in [0.717, 1.165) is 26.5 Å². The second-order valence-corrected chi connectivity index (χ2v) is 5.21. The lowest BCUT2D eigenvalue weighted by Crippen LogP contribution is -2.08. The van der Waals surface area contributed by atoms with E-state index in [2.05, 4.69) is 21.2 Å². The Morgan fingerprint density at radius 1 is 1.11 bits per heavy atom. The van der Waals surface area contributed by atoms with Crippen molar-refractivity contribution in [2.75, 3.05) is 5.32 Å². The van der Waals surface area contributed by atoms with Crippen LogP contribution in [0.25, 0.3) is 10.8 Å². The zero-order chi connectivity index (χ0) is 13.1. The number of anilines is 1. The maximum Gasteiger partial charge on any atom is 0.248 e. The van der Waals surface area contributed by atoms with Crippen LogP contribution in [0.5, 0.6) is 0 Å². The third-order valence-corrected chi connectivity index (χ3v) is 3.24. The summed E-state index contributed by atoms with van der Waals surface area (Å²) in [5.41, 5.74) is 1.81. The van der Waals surface area contributed by atoms with Crippen molar-refractivity contribution in [1.29, 1.82) is 0 Å². The van der Waals surface area contributed by atoms with Crippen LogP contribution in [0.4, 0.5) is 5.69 Å². The van der Waals surface area contributed by atoms with Crippen LogP contribution in [0.3, 0.4) is 0 Å². The smallest absolute Gasteiger partial charge is 0.248 e. The van der Waals surface area contributed by atoms with Gasteiger partial charge in [-0.05, 0) is 31.4 Å². The molecule has 0 radical (unpaired) electrons. The van der Waals surface area contributed by atoms with Crippen LogP contribution in [-0.2, 0) is 4.79 Å². The molecule has 0 unspecified atom stereocenters. The molecule has 2 nitrogen and oxygen atoms in total. The van der Waals surface area contributed by atoms with Gasteiger partial charge in [-0.3, -0.25) is 4.79 Å². The molecule has 1 N–H and O–H groups in total. The Morgan fingerprint density at radius 3 is 2.44 bits per heavy atom. The van der Waals surface area contributed by atoms with Crippen molar-refractivity contribution in [3.63, 3.8) is 0 Å². The number of amides is 1. The number of nitrogens with one attached hydrogen (secondary N) is 1. The molecule has 92 valence electrons. The van der Waals surface area contributed by atoms with Crippen LogP contribution in [-0.4, -0.2) is 5.91 Å². The lowest BCUT2D eigenvalue weighted by Gasteiger charge is -2.08. The molecule has 0 fully saturated rings. The van der Waals surface area contributed by atoms with Crippen LogP contribution in [0.15, 0.2) is 52.5 Å². The molecular formula is C15H14BrNO. The zero-order valence-corrected chi connectivity index (χ0v) is 11.9. The second kappa shape index (κ2) is 5.36. The summed E-state index contributed by atoms with van der Waals surface area (Å²) in [6, 6.07) is 11.8. The number of carbonyl (C=O) groups excluding carboxylic acids is 1. The molecule has 18 heavy (non-hydrogen) atoms. The van der Waals surface area contributed by atoms with Gasteiger partial charge in [0.1, 0.15) is 0 Å². The molecule has 2 aromatic carbocycles. The summed E-state index contributed by atoms with van der Waals surface area (Å²) >= 11 is 3.51. The molecule has 0 aliphatic carbocycles. The Bertz CT molecular complexity index is 627. The fourth-order valence-corrected chi connectivity index (χ4v) is 2.28. The Labute approximate surface area is 115 Å². The first-order valence-corrected chi connectivity index (χ1v) is 6.50. The van der Waals surface area contributed by atoms with Crippen LogP contribution >= 0.6 is 15.9 Å². The monoisotopic (exact) mass is 303 g/mol. The molecule has 0 aromatic heterocycles. The van der Waals surface area contributed by atoms with Gasteiger partial charge in [-0.1, -0.05) is 45.8 Å². The van der Waals surface area contributed by atoms with E-state index in [1.54, 1.807) is 6.08 Å². The van der Waals surface area contributed by atoms with Gasteiger partial charge in [0.05, 0.1) is 0 Å². The largest absolute Gasteiger partial charge is 0.322 e. The van der Waals surface area contributed by atoms with E-state index in [9.17, 15) is 4.79 Å². The summed E-state index contributed by atoms with van der Waals surface area (Å²) < 4.78 is 1.03. The van der Waals surface area contributed by atoms with Gasteiger partial charge in [0.2, 0.25) is 5.91 Å². The minimum Gasteiger partial charge on any atom is -0.322 e. The number of halogens is 1. The summed E-state index contributed by atoms with van der Waals surface area (Å²) in [5.74, 6) is -0.0949. The van der Waals surface area contributed by atoms with Crippen molar-refractivity contribution in [2.45, 2.75) is 13.8 Å². The Morgan fingerprint density at radius 2 is 1.78 bits per heavy atom. The van der Waals surface area contributed by atoms with Gasteiger partial charge in [0, 0.05) is 21.6 Å². The minimum atomic E-state index is -0.0949. The molecule has 0 saturated carbocycles.